The fourth-order valence-electron chi connectivity index (χ4n) is 4.48. The number of carbonyl (C=O) groups excluding carboxylic acids is 1. The number of rotatable bonds is 9. The zero-order valence-electron chi connectivity index (χ0n) is 19.8. The quantitative estimate of drug-likeness (QED) is 0.409. The molecular weight excluding hydrogens is 452 g/mol. The van der Waals surface area contributed by atoms with Crippen molar-refractivity contribution in [3.63, 3.8) is 0 Å². The normalized spacial score (nSPS) is 17.5. The Morgan fingerprint density at radius 1 is 1.17 bits per heavy atom. The van der Waals surface area contributed by atoms with Gasteiger partial charge in [-0.25, -0.2) is 13.5 Å². The number of aromatic nitrogens is 2. The molecule has 0 radical (unpaired) electrons. The van der Waals surface area contributed by atoms with Crippen LogP contribution in [0.5, 0.6) is 11.6 Å². The van der Waals surface area contributed by atoms with Crippen molar-refractivity contribution in [1.29, 1.82) is 0 Å². The highest BCUT2D eigenvalue weighted by Gasteiger charge is 2.36. The minimum Gasteiger partial charge on any atom is -0.435 e. The molecule has 1 amide bonds. The summed E-state index contributed by atoms with van der Waals surface area (Å²) in [5.41, 5.74) is 2.21. The maximum atomic E-state index is 14.6. The molecule has 1 atom stereocenters. The number of para-hydroxylation sites is 1. The van der Waals surface area contributed by atoms with Gasteiger partial charge in [0.25, 0.3) is 0 Å². The van der Waals surface area contributed by atoms with Crippen LogP contribution in [0.2, 0.25) is 0 Å². The van der Waals surface area contributed by atoms with Crippen molar-refractivity contribution in [2.75, 3.05) is 13.2 Å². The third-order valence-electron chi connectivity index (χ3n) is 6.49. The Morgan fingerprint density at radius 2 is 1.97 bits per heavy atom. The predicted molar refractivity (Wildman–Crippen MR) is 126 cm³/mol. The average Bonchev–Trinajstić information content (AvgIpc) is 3.48. The van der Waals surface area contributed by atoms with Crippen molar-refractivity contribution in [3.8, 4) is 17.3 Å². The van der Waals surface area contributed by atoms with Gasteiger partial charge in [-0.1, -0.05) is 25.1 Å². The first-order valence-electron chi connectivity index (χ1n) is 12.2. The van der Waals surface area contributed by atoms with Crippen molar-refractivity contribution in [1.82, 2.24) is 14.7 Å². The zero-order valence-corrected chi connectivity index (χ0v) is 19.8. The molecule has 0 unspecified atom stereocenters. The highest BCUT2D eigenvalue weighted by atomic mass is 19.1. The van der Waals surface area contributed by atoms with Crippen LogP contribution in [0.4, 0.5) is 8.78 Å². The molecule has 184 valence electrons. The first-order chi connectivity index (χ1) is 17.0. The van der Waals surface area contributed by atoms with Gasteiger partial charge in [-0.2, -0.15) is 5.10 Å². The maximum Gasteiger partial charge on any atom is 0.228 e. The molecule has 1 aliphatic heterocycles. The molecule has 1 saturated carbocycles. The summed E-state index contributed by atoms with van der Waals surface area (Å²) in [7, 11) is 0. The summed E-state index contributed by atoms with van der Waals surface area (Å²) >= 11 is 0. The number of aryl methyl sites for hydroxylation is 1. The standard InChI is InChI=1S/C27H29F2N3O3/c1-2-24-22(17-31(26(33)18-10-11-18)16-21-9-6-14-34-21)27(32(30-24)20-7-4-3-5-8-20)35-25-13-12-19(28)15-23(25)29/h3-5,7-8,12-13,15,18,21H,2,6,9-11,14,16-17H2,1H3/t21-/m0/s1. The summed E-state index contributed by atoms with van der Waals surface area (Å²) < 4.78 is 41.7. The van der Waals surface area contributed by atoms with Crippen LogP contribution in [0.3, 0.4) is 0 Å². The van der Waals surface area contributed by atoms with Crippen molar-refractivity contribution in [3.05, 3.63) is 71.4 Å². The van der Waals surface area contributed by atoms with Crippen LogP contribution in [0.25, 0.3) is 5.69 Å². The van der Waals surface area contributed by atoms with E-state index < -0.39 is 11.6 Å². The Hall–Kier alpha value is -3.26. The summed E-state index contributed by atoms with van der Waals surface area (Å²) in [6.07, 6.45) is 4.31. The number of hydrogen-bond acceptors (Lipinski definition) is 4. The zero-order chi connectivity index (χ0) is 24.4. The third-order valence-corrected chi connectivity index (χ3v) is 6.49. The van der Waals surface area contributed by atoms with E-state index in [1.165, 1.54) is 6.07 Å². The van der Waals surface area contributed by atoms with E-state index in [2.05, 4.69) is 0 Å². The Kier molecular flexibility index (Phi) is 6.81. The fourth-order valence-corrected chi connectivity index (χ4v) is 4.48. The molecule has 0 N–H and O–H groups in total. The molecule has 35 heavy (non-hydrogen) atoms. The second-order valence-electron chi connectivity index (χ2n) is 9.14. The molecule has 8 heteroatoms. The lowest BCUT2D eigenvalue weighted by Crippen LogP contribution is -2.38. The van der Waals surface area contributed by atoms with Crippen molar-refractivity contribution in [2.24, 2.45) is 5.92 Å². The van der Waals surface area contributed by atoms with Gasteiger partial charge >= 0.3 is 0 Å². The van der Waals surface area contributed by atoms with E-state index in [9.17, 15) is 13.6 Å². The number of nitrogens with zero attached hydrogens (tertiary/aromatic N) is 3. The minimum absolute atomic E-state index is 0.00542. The second kappa shape index (κ2) is 10.2. The van der Waals surface area contributed by atoms with E-state index in [4.69, 9.17) is 14.6 Å². The molecule has 2 heterocycles. The molecule has 6 nitrogen and oxygen atoms in total. The van der Waals surface area contributed by atoms with Crippen molar-refractivity contribution >= 4 is 5.91 Å². The highest BCUT2D eigenvalue weighted by molar-refractivity contribution is 5.81. The van der Waals surface area contributed by atoms with E-state index >= 15 is 0 Å². The molecule has 2 aromatic carbocycles. The van der Waals surface area contributed by atoms with E-state index in [1.54, 1.807) is 4.68 Å². The van der Waals surface area contributed by atoms with Crippen LogP contribution in [-0.2, 0) is 22.5 Å². The topological polar surface area (TPSA) is 56.6 Å². The summed E-state index contributed by atoms with van der Waals surface area (Å²) in [6, 6.07) is 12.6. The monoisotopic (exact) mass is 481 g/mol. The van der Waals surface area contributed by atoms with Gasteiger partial charge in [0.05, 0.1) is 29.6 Å². The summed E-state index contributed by atoms with van der Waals surface area (Å²) in [4.78, 5) is 15.1. The van der Waals surface area contributed by atoms with E-state index in [0.29, 0.717) is 31.0 Å². The molecule has 5 rings (SSSR count). The second-order valence-corrected chi connectivity index (χ2v) is 9.14. The summed E-state index contributed by atoms with van der Waals surface area (Å²) in [6.45, 7) is 3.47. The van der Waals surface area contributed by atoms with E-state index in [-0.39, 0.29) is 30.2 Å². The van der Waals surface area contributed by atoms with Gasteiger partial charge in [0.2, 0.25) is 11.8 Å². The first-order valence-corrected chi connectivity index (χ1v) is 12.2. The molecule has 1 saturated heterocycles. The Balaban J connectivity index is 1.56. The molecule has 0 bridgehead atoms. The Labute approximate surface area is 203 Å². The van der Waals surface area contributed by atoms with Crippen LogP contribution in [-0.4, -0.2) is 39.8 Å². The van der Waals surface area contributed by atoms with Gasteiger partial charge in [0, 0.05) is 25.1 Å². The van der Waals surface area contributed by atoms with Crippen LogP contribution in [0.15, 0.2) is 48.5 Å². The van der Waals surface area contributed by atoms with Crippen LogP contribution < -0.4 is 4.74 Å². The lowest BCUT2D eigenvalue weighted by molar-refractivity contribution is -0.134. The smallest absolute Gasteiger partial charge is 0.228 e. The average molecular weight is 482 g/mol. The number of ether oxygens (including phenoxy) is 2. The predicted octanol–water partition coefficient (Wildman–Crippen LogP) is 5.42. The number of benzene rings is 2. The SMILES string of the molecule is CCc1nn(-c2ccccc2)c(Oc2ccc(F)cc2F)c1CN(C[C@@H]1CCCO1)C(=O)C1CC1. The lowest BCUT2D eigenvalue weighted by Gasteiger charge is -2.26. The summed E-state index contributed by atoms with van der Waals surface area (Å²) in [5, 5.41) is 4.77. The molecule has 3 aromatic rings. The largest absolute Gasteiger partial charge is 0.435 e. The van der Waals surface area contributed by atoms with Crippen LogP contribution in [0, 0.1) is 17.6 Å². The van der Waals surface area contributed by atoms with Gasteiger partial charge in [0.15, 0.2) is 11.6 Å². The van der Waals surface area contributed by atoms with Gasteiger partial charge in [-0.05, 0) is 56.4 Å². The Bertz CT molecular complexity index is 1190. The van der Waals surface area contributed by atoms with Crippen molar-refractivity contribution < 1.29 is 23.0 Å². The first kappa shape index (κ1) is 23.5. The molecule has 1 aliphatic carbocycles. The fraction of sp³-hybridized carbons (Fsp3) is 0.407. The minimum atomic E-state index is -0.805. The lowest BCUT2D eigenvalue weighted by atomic mass is 10.1. The number of amides is 1. The van der Waals surface area contributed by atoms with Crippen LogP contribution in [0.1, 0.15) is 43.9 Å². The summed E-state index contributed by atoms with van der Waals surface area (Å²) in [5.74, 6) is -1.12. The van der Waals surface area contributed by atoms with Gasteiger partial charge in [-0.15, -0.1) is 0 Å². The Morgan fingerprint density at radius 3 is 2.63 bits per heavy atom. The molecule has 1 aromatic heterocycles. The van der Waals surface area contributed by atoms with Gasteiger partial charge in [0.1, 0.15) is 5.82 Å². The van der Waals surface area contributed by atoms with E-state index in [1.807, 2.05) is 42.2 Å². The number of carbonyl (C=O) groups is 1. The molecule has 2 aliphatic rings. The maximum absolute atomic E-state index is 14.6. The highest BCUT2D eigenvalue weighted by Crippen LogP contribution is 2.36. The molecule has 2 fully saturated rings. The molecular formula is C27H29F2N3O3. The number of halogens is 2. The third kappa shape index (κ3) is 5.22. The number of hydrogen-bond donors (Lipinski definition) is 0. The van der Waals surface area contributed by atoms with Gasteiger partial charge < -0.3 is 14.4 Å². The van der Waals surface area contributed by atoms with E-state index in [0.717, 1.165) is 49.2 Å². The van der Waals surface area contributed by atoms with Crippen molar-refractivity contribution in [2.45, 2.75) is 51.7 Å². The molecule has 0 spiro atoms. The van der Waals surface area contributed by atoms with Gasteiger partial charge in [-0.3, -0.25) is 4.79 Å². The van der Waals surface area contributed by atoms with Crippen LogP contribution >= 0.6 is 0 Å².